The summed E-state index contributed by atoms with van der Waals surface area (Å²) in [6, 6.07) is 7.52. The molecule has 0 aliphatic rings. The van der Waals surface area contributed by atoms with E-state index >= 15 is 0 Å². The average Bonchev–Trinajstić information content (AvgIpc) is 2.25. The number of aliphatic carboxylic acids is 1. The van der Waals surface area contributed by atoms with Crippen molar-refractivity contribution in [1.82, 2.24) is 0 Å². The zero-order valence-corrected chi connectivity index (χ0v) is 9.44. The lowest BCUT2D eigenvalue weighted by Gasteiger charge is -2.06. The van der Waals surface area contributed by atoms with Crippen molar-refractivity contribution < 1.29 is 9.90 Å². The molecule has 0 aliphatic heterocycles. The third kappa shape index (κ3) is 3.77. The van der Waals surface area contributed by atoms with Crippen molar-refractivity contribution in [3.63, 3.8) is 0 Å². The second-order valence-corrected chi connectivity index (χ2v) is 3.70. The number of nitrogens with two attached hydrogens (primary N) is 1. The number of benzene rings is 1. The fraction of sp³-hybridized carbons (Fsp3) is 0.308. The molecular formula is C13H17NO2. The molecule has 3 nitrogen and oxygen atoms in total. The van der Waals surface area contributed by atoms with Gasteiger partial charge in [0.2, 0.25) is 0 Å². The van der Waals surface area contributed by atoms with Crippen LogP contribution < -0.4 is 5.73 Å². The molecule has 0 saturated heterocycles. The maximum atomic E-state index is 10.5. The summed E-state index contributed by atoms with van der Waals surface area (Å²) < 4.78 is 0. The summed E-state index contributed by atoms with van der Waals surface area (Å²) in [6.07, 6.45) is 3.73. The predicted molar refractivity (Wildman–Crippen MR) is 66.0 cm³/mol. The van der Waals surface area contributed by atoms with Gasteiger partial charge in [0.05, 0.1) is 6.42 Å². The summed E-state index contributed by atoms with van der Waals surface area (Å²) in [5.41, 5.74) is 8.46. The molecule has 0 saturated carbocycles. The molecule has 0 spiro atoms. The van der Waals surface area contributed by atoms with E-state index in [4.69, 9.17) is 10.8 Å². The lowest BCUT2D eigenvalue weighted by atomic mass is 10.00. The van der Waals surface area contributed by atoms with Crippen LogP contribution in [0.2, 0.25) is 0 Å². The predicted octanol–water partition coefficient (Wildman–Crippen LogP) is 2.93. The molecule has 0 fully saturated rings. The van der Waals surface area contributed by atoms with Gasteiger partial charge in [-0.2, -0.15) is 0 Å². The molecule has 3 N–H and O–H groups in total. The van der Waals surface area contributed by atoms with Gasteiger partial charge < -0.3 is 10.8 Å². The Morgan fingerprint density at radius 1 is 1.38 bits per heavy atom. The number of carboxylic acids is 1. The maximum absolute atomic E-state index is 10.5. The van der Waals surface area contributed by atoms with Crippen molar-refractivity contribution in [2.75, 3.05) is 5.73 Å². The van der Waals surface area contributed by atoms with Crippen LogP contribution in [0.4, 0.5) is 5.69 Å². The highest BCUT2D eigenvalue weighted by molar-refractivity contribution is 5.74. The number of carbonyl (C=O) groups is 1. The van der Waals surface area contributed by atoms with E-state index in [1.165, 1.54) is 0 Å². The first-order chi connectivity index (χ1) is 7.63. The molecule has 1 aromatic rings. The van der Waals surface area contributed by atoms with Crippen molar-refractivity contribution in [3.8, 4) is 0 Å². The van der Waals surface area contributed by atoms with E-state index in [0.29, 0.717) is 0 Å². The van der Waals surface area contributed by atoms with Gasteiger partial charge in [-0.1, -0.05) is 31.6 Å². The fourth-order valence-electron chi connectivity index (χ4n) is 1.54. The molecule has 1 aromatic carbocycles. The fourth-order valence-corrected chi connectivity index (χ4v) is 1.54. The standard InChI is InChI=1S/C13H17NO2/c1-2-3-10(6-9-13(15)16)11-4-7-12(14)8-5-11/h4-8H,2-3,9,14H2,1H3,(H,15,16)/b10-6+. The van der Waals surface area contributed by atoms with Gasteiger partial charge in [-0.25, -0.2) is 0 Å². The van der Waals surface area contributed by atoms with E-state index in [2.05, 4.69) is 6.92 Å². The number of hydrogen-bond donors (Lipinski definition) is 2. The van der Waals surface area contributed by atoms with Crippen molar-refractivity contribution >= 4 is 17.2 Å². The van der Waals surface area contributed by atoms with E-state index < -0.39 is 5.97 Å². The first-order valence-corrected chi connectivity index (χ1v) is 5.40. The molecule has 0 bridgehead atoms. The Balaban J connectivity index is 2.88. The smallest absolute Gasteiger partial charge is 0.307 e. The summed E-state index contributed by atoms with van der Waals surface area (Å²) in [5, 5.41) is 8.66. The highest BCUT2D eigenvalue weighted by Gasteiger charge is 2.02. The average molecular weight is 219 g/mol. The minimum Gasteiger partial charge on any atom is -0.481 e. The quantitative estimate of drug-likeness (QED) is 0.748. The highest BCUT2D eigenvalue weighted by atomic mass is 16.4. The number of hydrogen-bond acceptors (Lipinski definition) is 2. The lowest BCUT2D eigenvalue weighted by Crippen LogP contribution is -1.93. The molecule has 0 amide bonds. The van der Waals surface area contributed by atoms with Crippen LogP contribution in [0, 0.1) is 0 Å². The zero-order valence-electron chi connectivity index (χ0n) is 9.44. The number of allylic oxidation sites excluding steroid dienone is 1. The van der Waals surface area contributed by atoms with Crippen LogP contribution in [0.15, 0.2) is 30.3 Å². The molecule has 0 unspecified atom stereocenters. The van der Waals surface area contributed by atoms with Gasteiger partial charge in [0.25, 0.3) is 0 Å². The van der Waals surface area contributed by atoms with Crippen LogP contribution in [0.25, 0.3) is 5.57 Å². The second-order valence-electron chi connectivity index (χ2n) is 3.70. The van der Waals surface area contributed by atoms with Gasteiger partial charge in [0.15, 0.2) is 0 Å². The topological polar surface area (TPSA) is 63.3 Å². The molecule has 0 heterocycles. The summed E-state index contributed by atoms with van der Waals surface area (Å²) in [7, 11) is 0. The summed E-state index contributed by atoms with van der Waals surface area (Å²) >= 11 is 0. The summed E-state index contributed by atoms with van der Waals surface area (Å²) in [6.45, 7) is 2.08. The second kappa shape index (κ2) is 5.95. The van der Waals surface area contributed by atoms with Crippen molar-refractivity contribution in [2.24, 2.45) is 0 Å². The normalized spacial score (nSPS) is 11.4. The SMILES string of the molecule is CCC/C(=C\CC(=O)O)c1ccc(N)cc1. The van der Waals surface area contributed by atoms with Crippen LogP contribution in [0.3, 0.4) is 0 Å². The van der Waals surface area contributed by atoms with E-state index in [1.54, 1.807) is 6.08 Å². The largest absolute Gasteiger partial charge is 0.481 e. The molecule has 0 radical (unpaired) electrons. The molecule has 0 atom stereocenters. The number of anilines is 1. The van der Waals surface area contributed by atoms with Gasteiger partial charge in [-0.15, -0.1) is 0 Å². The Morgan fingerprint density at radius 2 is 2.00 bits per heavy atom. The van der Waals surface area contributed by atoms with Crippen LogP contribution in [-0.2, 0) is 4.79 Å². The maximum Gasteiger partial charge on any atom is 0.307 e. The monoisotopic (exact) mass is 219 g/mol. The third-order valence-corrected chi connectivity index (χ3v) is 2.32. The Morgan fingerprint density at radius 3 is 2.50 bits per heavy atom. The van der Waals surface area contributed by atoms with Gasteiger partial charge in [-0.3, -0.25) is 4.79 Å². The first-order valence-electron chi connectivity index (χ1n) is 5.40. The van der Waals surface area contributed by atoms with Gasteiger partial charge in [-0.05, 0) is 29.7 Å². The summed E-state index contributed by atoms with van der Waals surface area (Å²) in [4.78, 5) is 10.5. The Bertz CT molecular complexity index is 379. The minimum atomic E-state index is -0.802. The molecule has 86 valence electrons. The molecule has 0 aliphatic carbocycles. The molecular weight excluding hydrogens is 202 g/mol. The molecule has 3 heteroatoms. The summed E-state index contributed by atoms with van der Waals surface area (Å²) in [5.74, 6) is -0.802. The lowest BCUT2D eigenvalue weighted by molar-refractivity contribution is -0.135. The molecule has 0 aromatic heterocycles. The third-order valence-electron chi connectivity index (χ3n) is 2.32. The molecule has 1 rings (SSSR count). The zero-order chi connectivity index (χ0) is 12.0. The number of carboxylic acid groups (broad SMARTS) is 1. The van der Waals surface area contributed by atoms with Gasteiger partial charge in [0.1, 0.15) is 0 Å². The number of rotatable bonds is 5. The highest BCUT2D eigenvalue weighted by Crippen LogP contribution is 2.21. The van der Waals surface area contributed by atoms with Crippen LogP contribution in [0.1, 0.15) is 31.7 Å². The van der Waals surface area contributed by atoms with E-state index in [1.807, 2.05) is 24.3 Å². The van der Waals surface area contributed by atoms with E-state index in [9.17, 15) is 4.79 Å². The van der Waals surface area contributed by atoms with Crippen molar-refractivity contribution in [1.29, 1.82) is 0 Å². The van der Waals surface area contributed by atoms with E-state index in [-0.39, 0.29) is 6.42 Å². The van der Waals surface area contributed by atoms with Crippen molar-refractivity contribution in [3.05, 3.63) is 35.9 Å². The van der Waals surface area contributed by atoms with Crippen LogP contribution in [0.5, 0.6) is 0 Å². The molecule has 16 heavy (non-hydrogen) atoms. The Labute approximate surface area is 95.6 Å². The van der Waals surface area contributed by atoms with Crippen LogP contribution >= 0.6 is 0 Å². The Hall–Kier alpha value is -1.77. The van der Waals surface area contributed by atoms with Gasteiger partial charge >= 0.3 is 5.97 Å². The number of nitrogen functional groups attached to an aromatic ring is 1. The minimum absolute atomic E-state index is 0.0692. The Kier molecular flexibility index (Phi) is 4.58. The van der Waals surface area contributed by atoms with Crippen LogP contribution in [-0.4, -0.2) is 11.1 Å². The van der Waals surface area contributed by atoms with Crippen molar-refractivity contribution in [2.45, 2.75) is 26.2 Å². The van der Waals surface area contributed by atoms with E-state index in [0.717, 1.165) is 29.7 Å². The first kappa shape index (κ1) is 12.3. The van der Waals surface area contributed by atoms with Gasteiger partial charge in [0, 0.05) is 5.69 Å².